The molecule has 0 amide bonds. The van der Waals surface area contributed by atoms with Gasteiger partial charge in [-0.2, -0.15) is 0 Å². The third-order valence-electron chi connectivity index (χ3n) is 3.56. The predicted molar refractivity (Wildman–Crippen MR) is 103 cm³/mol. The summed E-state index contributed by atoms with van der Waals surface area (Å²) in [4.78, 5) is 0. The second-order valence-corrected chi connectivity index (χ2v) is 5.52. The Morgan fingerprint density at radius 1 is 0.423 bits per heavy atom. The standard InChI is InChI=1S/C12H12N2O2.C6H8N2O2/c13-9-5-7(1-3-11(9)15)8-2-4-12(16)10(14)6-8;7-3-1-4(8)6(10)2-5(3)9/h1-6,15-16H,13-14H2;1-2,9-10H,7-8H2. The molecule has 0 saturated carbocycles. The van der Waals surface area contributed by atoms with Crippen LogP contribution in [-0.4, -0.2) is 20.4 Å². The maximum Gasteiger partial charge on any atom is 0.142 e. The molecule has 12 N–H and O–H groups in total. The summed E-state index contributed by atoms with van der Waals surface area (Å²) in [7, 11) is 0. The van der Waals surface area contributed by atoms with Gasteiger partial charge >= 0.3 is 0 Å². The third kappa shape index (κ3) is 4.12. The van der Waals surface area contributed by atoms with E-state index in [9.17, 15) is 10.2 Å². The minimum Gasteiger partial charge on any atom is -0.506 e. The number of anilines is 4. The first kappa shape index (κ1) is 18.4. The van der Waals surface area contributed by atoms with E-state index in [1.54, 1.807) is 24.3 Å². The molecule has 0 spiro atoms. The summed E-state index contributed by atoms with van der Waals surface area (Å²) in [6.07, 6.45) is 0. The molecule has 136 valence electrons. The second kappa shape index (κ2) is 7.31. The number of aromatic hydroxyl groups is 4. The monoisotopic (exact) mass is 356 g/mol. The van der Waals surface area contributed by atoms with Gasteiger partial charge in [-0.05, 0) is 41.5 Å². The van der Waals surface area contributed by atoms with Gasteiger partial charge in [-0.3, -0.25) is 0 Å². The van der Waals surface area contributed by atoms with Gasteiger partial charge in [-0.15, -0.1) is 0 Å². The van der Waals surface area contributed by atoms with Crippen LogP contribution in [0.3, 0.4) is 0 Å². The van der Waals surface area contributed by atoms with Crippen LogP contribution in [0.2, 0.25) is 0 Å². The van der Waals surface area contributed by atoms with Crippen LogP contribution in [0.15, 0.2) is 48.5 Å². The molecule has 8 nitrogen and oxygen atoms in total. The lowest BCUT2D eigenvalue weighted by atomic mass is 10.0. The minimum absolute atomic E-state index is 0.0514. The van der Waals surface area contributed by atoms with Crippen molar-refractivity contribution in [2.24, 2.45) is 0 Å². The van der Waals surface area contributed by atoms with Gasteiger partial charge in [-0.1, -0.05) is 12.1 Å². The SMILES string of the molecule is Nc1cc(-c2ccc(O)c(N)c2)ccc1O.Nc1cc(N)c(O)cc1O. The number of phenolic OH excluding ortho intramolecular Hbond substituents is 4. The first-order valence-corrected chi connectivity index (χ1v) is 7.43. The summed E-state index contributed by atoms with van der Waals surface area (Å²) in [5, 5.41) is 36.4. The predicted octanol–water partition coefficient (Wildman–Crippen LogP) is 2.19. The van der Waals surface area contributed by atoms with Gasteiger partial charge in [0.2, 0.25) is 0 Å². The fourth-order valence-electron chi connectivity index (χ4n) is 2.08. The van der Waals surface area contributed by atoms with Crippen LogP contribution in [0, 0.1) is 0 Å². The van der Waals surface area contributed by atoms with Crippen molar-refractivity contribution in [1.82, 2.24) is 0 Å². The minimum atomic E-state index is -0.160. The molecule has 3 rings (SSSR count). The van der Waals surface area contributed by atoms with Crippen LogP contribution >= 0.6 is 0 Å². The van der Waals surface area contributed by atoms with Crippen molar-refractivity contribution in [3.8, 4) is 34.1 Å². The highest BCUT2D eigenvalue weighted by atomic mass is 16.3. The van der Waals surface area contributed by atoms with E-state index in [1.165, 1.54) is 18.2 Å². The first-order valence-electron chi connectivity index (χ1n) is 7.43. The van der Waals surface area contributed by atoms with Crippen molar-refractivity contribution in [2.45, 2.75) is 0 Å². The smallest absolute Gasteiger partial charge is 0.142 e. The Kier molecular flexibility index (Phi) is 5.17. The highest BCUT2D eigenvalue weighted by molar-refractivity contribution is 5.74. The van der Waals surface area contributed by atoms with Gasteiger partial charge in [0.15, 0.2) is 0 Å². The maximum atomic E-state index is 9.30. The van der Waals surface area contributed by atoms with Crippen molar-refractivity contribution < 1.29 is 20.4 Å². The van der Waals surface area contributed by atoms with E-state index in [0.717, 1.165) is 17.2 Å². The Morgan fingerprint density at radius 3 is 1.08 bits per heavy atom. The summed E-state index contributed by atoms with van der Waals surface area (Å²) >= 11 is 0. The molecule has 0 bridgehead atoms. The summed E-state index contributed by atoms with van der Waals surface area (Å²) in [6.45, 7) is 0. The third-order valence-corrected chi connectivity index (χ3v) is 3.56. The molecule has 0 unspecified atom stereocenters. The van der Waals surface area contributed by atoms with Gasteiger partial charge in [0, 0.05) is 6.07 Å². The topological polar surface area (TPSA) is 185 Å². The molecular formula is C18H20N4O4. The number of hydrogen-bond donors (Lipinski definition) is 8. The van der Waals surface area contributed by atoms with E-state index in [4.69, 9.17) is 33.1 Å². The van der Waals surface area contributed by atoms with Gasteiger partial charge < -0.3 is 43.4 Å². The lowest BCUT2D eigenvalue weighted by molar-refractivity contribution is 0.454. The van der Waals surface area contributed by atoms with Crippen LogP contribution in [0.25, 0.3) is 11.1 Å². The number of nitrogen functional groups attached to an aromatic ring is 4. The summed E-state index contributed by atoms with van der Waals surface area (Å²) in [5.41, 5.74) is 24.3. The Bertz CT molecular complexity index is 845. The van der Waals surface area contributed by atoms with Gasteiger partial charge in [-0.25, -0.2) is 0 Å². The summed E-state index contributed by atoms with van der Waals surface area (Å²) < 4.78 is 0. The fraction of sp³-hybridized carbons (Fsp3) is 0. The van der Waals surface area contributed by atoms with Crippen molar-refractivity contribution in [3.05, 3.63) is 48.5 Å². The molecule has 0 fully saturated rings. The quantitative estimate of drug-likeness (QED) is 0.185. The second-order valence-electron chi connectivity index (χ2n) is 5.52. The van der Waals surface area contributed by atoms with Gasteiger partial charge in [0.1, 0.15) is 23.0 Å². The van der Waals surface area contributed by atoms with E-state index < -0.39 is 0 Å². The fourth-order valence-corrected chi connectivity index (χ4v) is 2.08. The maximum absolute atomic E-state index is 9.30. The number of rotatable bonds is 1. The normalized spacial score (nSPS) is 10.0. The van der Waals surface area contributed by atoms with Crippen molar-refractivity contribution >= 4 is 22.7 Å². The van der Waals surface area contributed by atoms with Crippen molar-refractivity contribution in [1.29, 1.82) is 0 Å². The summed E-state index contributed by atoms with van der Waals surface area (Å²) in [5.74, 6) is -0.218. The Labute approximate surface area is 149 Å². The van der Waals surface area contributed by atoms with Gasteiger partial charge in [0.25, 0.3) is 0 Å². The highest BCUT2D eigenvalue weighted by Gasteiger charge is 2.04. The Balaban J connectivity index is 0.000000209. The Hall–Kier alpha value is -3.94. The molecule has 3 aromatic carbocycles. The average Bonchev–Trinajstić information content (AvgIpc) is 2.59. The lowest BCUT2D eigenvalue weighted by Gasteiger charge is -2.06. The van der Waals surface area contributed by atoms with E-state index in [2.05, 4.69) is 0 Å². The zero-order chi connectivity index (χ0) is 19.4. The number of phenols is 4. The number of hydrogen-bond acceptors (Lipinski definition) is 8. The zero-order valence-corrected chi connectivity index (χ0v) is 13.7. The van der Waals surface area contributed by atoms with Crippen LogP contribution in [0.4, 0.5) is 22.7 Å². The molecule has 0 aromatic heterocycles. The van der Waals surface area contributed by atoms with E-state index >= 15 is 0 Å². The lowest BCUT2D eigenvalue weighted by Crippen LogP contribution is -1.90. The molecule has 0 aliphatic rings. The zero-order valence-electron chi connectivity index (χ0n) is 13.7. The molecule has 0 heterocycles. The van der Waals surface area contributed by atoms with Crippen molar-refractivity contribution in [2.75, 3.05) is 22.9 Å². The van der Waals surface area contributed by atoms with Crippen molar-refractivity contribution in [3.63, 3.8) is 0 Å². The average molecular weight is 356 g/mol. The Morgan fingerprint density at radius 2 is 0.769 bits per heavy atom. The molecular weight excluding hydrogens is 336 g/mol. The van der Waals surface area contributed by atoms with Crippen LogP contribution in [-0.2, 0) is 0 Å². The molecule has 0 saturated heterocycles. The molecule has 0 radical (unpaired) electrons. The molecule has 8 heteroatoms. The summed E-state index contributed by atoms with van der Waals surface area (Å²) in [6, 6.07) is 12.2. The molecule has 3 aromatic rings. The molecule has 0 aliphatic heterocycles. The number of benzene rings is 3. The molecule has 26 heavy (non-hydrogen) atoms. The van der Waals surface area contributed by atoms with E-state index in [0.29, 0.717) is 11.4 Å². The molecule has 0 aliphatic carbocycles. The van der Waals surface area contributed by atoms with E-state index in [1.807, 2.05) is 0 Å². The van der Waals surface area contributed by atoms with Crippen LogP contribution in [0.1, 0.15) is 0 Å². The highest BCUT2D eigenvalue weighted by Crippen LogP contribution is 2.31. The van der Waals surface area contributed by atoms with Crippen LogP contribution in [0.5, 0.6) is 23.0 Å². The largest absolute Gasteiger partial charge is 0.506 e. The number of nitrogens with two attached hydrogens (primary N) is 4. The van der Waals surface area contributed by atoms with Gasteiger partial charge in [0.05, 0.1) is 22.7 Å². The first-order chi connectivity index (χ1) is 12.2. The van der Waals surface area contributed by atoms with E-state index in [-0.39, 0.29) is 34.4 Å². The van der Waals surface area contributed by atoms with Crippen LogP contribution < -0.4 is 22.9 Å². The molecule has 0 atom stereocenters.